The SMILES string of the molecule is CC1CCCC(OP(=O)(F)C(C)C)C1. The third-order valence-electron chi connectivity index (χ3n) is 2.80. The molecular formula is C10H20FO2P. The summed E-state index contributed by atoms with van der Waals surface area (Å²) in [5.74, 6) is 0.570. The van der Waals surface area contributed by atoms with Gasteiger partial charge in [0.05, 0.1) is 11.8 Å². The van der Waals surface area contributed by atoms with Crippen LogP contribution < -0.4 is 0 Å². The topological polar surface area (TPSA) is 26.3 Å². The maximum absolute atomic E-state index is 13.5. The van der Waals surface area contributed by atoms with Gasteiger partial charge < -0.3 is 4.52 Å². The zero-order chi connectivity index (χ0) is 10.8. The summed E-state index contributed by atoms with van der Waals surface area (Å²) in [7, 11) is -3.86. The van der Waals surface area contributed by atoms with Crippen LogP contribution in [0.1, 0.15) is 46.5 Å². The molecule has 3 atom stereocenters. The lowest BCUT2D eigenvalue weighted by Crippen LogP contribution is -2.21. The van der Waals surface area contributed by atoms with E-state index >= 15 is 0 Å². The Bertz CT molecular complexity index is 230. The average Bonchev–Trinajstić information content (AvgIpc) is 2.02. The van der Waals surface area contributed by atoms with Crippen molar-refractivity contribution in [3.05, 3.63) is 0 Å². The summed E-state index contributed by atoms with van der Waals surface area (Å²) < 4.78 is 30.0. The molecule has 1 saturated carbocycles. The zero-order valence-electron chi connectivity index (χ0n) is 9.20. The Kier molecular flexibility index (Phi) is 4.15. The maximum atomic E-state index is 13.5. The van der Waals surface area contributed by atoms with Gasteiger partial charge in [-0.1, -0.05) is 33.6 Å². The fraction of sp³-hybridized carbons (Fsp3) is 1.00. The third-order valence-corrected chi connectivity index (χ3v) is 4.62. The number of rotatable bonds is 3. The molecule has 0 heterocycles. The summed E-state index contributed by atoms with van der Waals surface area (Å²) in [6.07, 6.45) is 3.81. The molecule has 0 bridgehead atoms. The molecule has 0 aromatic rings. The van der Waals surface area contributed by atoms with Gasteiger partial charge in [-0.25, -0.2) is 0 Å². The van der Waals surface area contributed by atoms with Crippen molar-refractivity contribution in [1.29, 1.82) is 0 Å². The third kappa shape index (κ3) is 3.36. The summed E-state index contributed by atoms with van der Waals surface area (Å²) in [6.45, 7) is 5.34. The van der Waals surface area contributed by atoms with E-state index < -0.39 is 13.3 Å². The van der Waals surface area contributed by atoms with Gasteiger partial charge in [0.15, 0.2) is 0 Å². The first-order valence-corrected chi connectivity index (χ1v) is 6.98. The van der Waals surface area contributed by atoms with Crippen LogP contribution in [0.2, 0.25) is 0 Å². The van der Waals surface area contributed by atoms with Crippen molar-refractivity contribution in [3.63, 3.8) is 0 Å². The Morgan fingerprint density at radius 1 is 1.43 bits per heavy atom. The van der Waals surface area contributed by atoms with Crippen molar-refractivity contribution in [2.75, 3.05) is 0 Å². The summed E-state index contributed by atoms with van der Waals surface area (Å²) in [6, 6.07) is 0. The molecule has 1 rings (SSSR count). The van der Waals surface area contributed by atoms with E-state index in [0.717, 1.165) is 19.3 Å². The van der Waals surface area contributed by atoms with Crippen molar-refractivity contribution in [2.24, 2.45) is 5.92 Å². The molecule has 3 unspecified atom stereocenters. The maximum Gasteiger partial charge on any atom is 0.370 e. The fourth-order valence-corrected chi connectivity index (χ4v) is 2.64. The molecule has 0 radical (unpaired) electrons. The Morgan fingerprint density at radius 3 is 2.57 bits per heavy atom. The highest BCUT2D eigenvalue weighted by Gasteiger charge is 2.32. The minimum atomic E-state index is -3.86. The molecule has 4 heteroatoms. The molecule has 0 aromatic carbocycles. The lowest BCUT2D eigenvalue weighted by atomic mass is 9.89. The monoisotopic (exact) mass is 222 g/mol. The Hall–Kier alpha value is 0.120. The Morgan fingerprint density at radius 2 is 2.07 bits per heavy atom. The lowest BCUT2D eigenvalue weighted by molar-refractivity contribution is 0.120. The molecule has 0 aliphatic heterocycles. The van der Waals surface area contributed by atoms with Gasteiger partial charge in [0.25, 0.3) is 0 Å². The summed E-state index contributed by atoms with van der Waals surface area (Å²) in [4.78, 5) is 0. The first-order chi connectivity index (χ1) is 6.42. The highest BCUT2D eigenvalue weighted by atomic mass is 31.2. The van der Waals surface area contributed by atoms with Crippen molar-refractivity contribution >= 4 is 7.68 Å². The molecule has 0 N–H and O–H groups in total. The van der Waals surface area contributed by atoms with Crippen LogP contribution in [0, 0.1) is 5.92 Å². The second-order valence-electron chi connectivity index (χ2n) is 4.61. The minimum absolute atomic E-state index is 0.128. The van der Waals surface area contributed by atoms with Crippen LogP contribution >= 0.6 is 7.68 Å². The highest BCUT2D eigenvalue weighted by Crippen LogP contribution is 2.55. The van der Waals surface area contributed by atoms with Crippen molar-refractivity contribution in [2.45, 2.75) is 58.2 Å². The lowest BCUT2D eigenvalue weighted by Gasteiger charge is -2.28. The quantitative estimate of drug-likeness (QED) is 0.670. The van der Waals surface area contributed by atoms with Gasteiger partial charge >= 0.3 is 7.68 Å². The normalized spacial score (nSPS) is 32.9. The summed E-state index contributed by atoms with van der Waals surface area (Å²) in [5, 5.41) is 0. The molecule has 0 saturated heterocycles. The zero-order valence-corrected chi connectivity index (χ0v) is 10.1. The second kappa shape index (κ2) is 4.76. The van der Waals surface area contributed by atoms with E-state index in [4.69, 9.17) is 4.52 Å². The molecule has 1 aliphatic rings. The van der Waals surface area contributed by atoms with Crippen molar-refractivity contribution in [1.82, 2.24) is 0 Å². The van der Waals surface area contributed by atoms with Gasteiger partial charge in [0.1, 0.15) is 0 Å². The molecule has 1 aliphatic carbocycles. The molecule has 84 valence electrons. The van der Waals surface area contributed by atoms with E-state index in [1.165, 1.54) is 6.42 Å². The number of hydrogen-bond acceptors (Lipinski definition) is 2. The van der Waals surface area contributed by atoms with Crippen LogP contribution in [0.3, 0.4) is 0 Å². The first-order valence-electron chi connectivity index (χ1n) is 5.39. The van der Waals surface area contributed by atoms with Gasteiger partial charge in [-0.15, -0.1) is 0 Å². The molecule has 0 aromatic heterocycles. The summed E-state index contributed by atoms with van der Waals surface area (Å²) >= 11 is 0. The first kappa shape index (κ1) is 12.2. The average molecular weight is 222 g/mol. The van der Waals surface area contributed by atoms with Gasteiger partial charge in [0, 0.05) is 0 Å². The fourth-order valence-electron chi connectivity index (χ4n) is 1.80. The standard InChI is InChI=1S/C10H20FO2P/c1-8(2)14(11,12)13-10-6-4-5-9(3)7-10/h8-10H,4-7H2,1-3H3. The molecule has 0 amide bonds. The van der Waals surface area contributed by atoms with Crippen LogP contribution in [0.25, 0.3) is 0 Å². The van der Waals surface area contributed by atoms with E-state index in [9.17, 15) is 8.76 Å². The van der Waals surface area contributed by atoms with E-state index in [0.29, 0.717) is 5.92 Å². The molecule has 2 nitrogen and oxygen atoms in total. The number of hydrogen-bond donors (Lipinski definition) is 0. The summed E-state index contributed by atoms with van der Waals surface area (Å²) in [5.41, 5.74) is -0.514. The number of halogens is 1. The van der Waals surface area contributed by atoms with Gasteiger partial charge in [-0.2, -0.15) is 4.20 Å². The van der Waals surface area contributed by atoms with Crippen LogP contribution in [0.5, 0.6) is 0 Å². The van der Waals surface area contributed by atoms with E-state index in [1.807, 2.05) is 0 Å². The largest absolute Gasteiger partial charge is 0.370 e. The van der Waals surface area contributed by atoms with Gasteiger partial charge in [-0.05, 0) is 18.8 Å². The van der Waals surface area contributed by atoms with Crippen molar-refractivity contribution in [3.8, 4) is 0 Å². The molecule has 1 fully saturated rings. The van der Waals surface area contributed by atoms with Crippen molar-refractivity contribution < 1.29 is 13.3 Å². The minimum Gasteiger partial charge on any atom is -0.302 e. The predicted octanol–water partition coefficient (Wildman–Crippen LogP) is 4.15. The van der Waals surface area contributed by atoms with Gasteiger partial charge in [-0.3, -0.25) is 4.57 Å². The molecule has 0 spiro atoms. The highest BCUT2D eigenvalue weighted by molar-refractivity contribution is 7.54. The Labute approximate surface area is 85.8 Å². The van der Waals surface area contributed by atoms with Crippen LogP contribution in [-0.2, 0) is 9.09 Å². The van der Waals surface area contributed by atoms with E-state index in [1.54, 1.807) is 13.8 Å². The van der Waals surface area contributed by atoms with Crippen LogP contribution in [0.4, 0.5) is 4.20 Å². The van der Waals surface area contributed by atoms with E-state index in [-0.39, 0.29) is 6.10 Å². The smallest absolute Gasteiger partial charge is 0.302 e. The molecule has 14 heavy (non-hydrogen) atoms. The van der Waals surface area contributed by atoms with E-state index in [2.05, 4.69) is 6.92 Å². The predicted molar refractivity (Wildman–Crippen MR) is 56.4 cm³/mol. The van der Waals surface area contributed by atoms with Crippen LogP contribution in [0.15, 0.2) is 0 Å². The second-order valence-corrected chi connectivity index (χ2v) is 6.90. The molecular weight excluding hydrogens is 202 g/mol. The van der Waals surface area contributed by atoms with Crippen LogP contribution in [-0.4, -0.2) is 11.8 Å². The van der Waals surface area contributed by atoms with Gasteiger partial charge in [0.2, 0.25) is 0 Å². The Balaban J connectivity index is 2.47.